The van der Waals surface area contributed by atoms with Crippen LogP contribution in [0.4, 0.5) is 0 Å². The van der Waals surface area contributed by atoms with Gasteiger partial charge in [0.15, 0.2) is 0 Å². The van der Waals surface area contributed by atoms with Gasteiger partial charge in [0.1, 0.15) is 6.61 Å². The van der Waals surface area contributed by atoms with Crippen LogP contribution in [0.15, 0.2) is 29.4 Å². The van der Waals surface area contributed by atoms with Gasteiger partial charge in [-0.1, -0.05) is 41.9 Å². The summed E-state index contributed by atoms with van der Waals surface area (Å²) >= 11 is 0. The largest absolute Gasteiger partial charge is 0.473 e. The van der Waals surface area contributed by atoms with Crippen LogP contribution in [-0.4, -0.2) is 52.2 Å². The normalized spacial score (nSPS) is 30.3. The highest BCUT2D eigenvalue weighted by atomic mass is 16.6. The monoisotopic (exact) mass is 420 g/mol. The van der Waals surface area contributed by atoms with E-state index in [0.717, 1.165) is 32.1 Å². The number of nitrogens with zero attached hydrogens (tertiary/aromatic N) is 1. The number of aliphatic carboxylic acids is 2. The minimum Gasteiger partial charge on any atom is -0.473 e. The van der Waals surface area contributed by atoms with E-state index in [0.29, 0.717) is 19.1 Å². The van der Waals surface area contributed by atoms with Gasteiger partial charge in [0.05, 0.1) is 5.60 Å². The smallest absolute Gasteiger partial charge is 0.414 e. The molecule has 0 spiro atoms. The number of benzene rings is 1. The van der Waals surface area contributed by atoms with Gasteiger partial charge in [-0.2, -0.15) is 0 Å². The van der Waals surface area contributed by atoms with Gasteiger partial charge in [0.25, 0.3) is 0 Å². The Morgan fingerprint density at radius 1 is 1.20 bits per heavy atom. The molecule has 0 heterocycles. The predicted octanol–water partition coefficient (Wildman–Crippen LogP) is 2.53. The quantitative estimate of drug-likeness (QED) is 0.248. The summed E-state index contributed by atoms with van der Waals surface area (Å²) in [7, 11) is 0. The molecule has 2 aliphatic carbocycles. The first-order valence-corrected chi connectivity index (χ1v) is 10.2. The van der Waals surface area contributed by atoms with E-state index in [1.165, 1.54) is 11.1 Å². The predicted molar refractivity (Wildman–Crippen MR) is 112 cm³/mol. The average molecular weight is 421 g/mol. The molecule has 0 radical (unpaired) electrons. The number of carboxylic acids is 2. The highest BCUT2D eigenvalue weighted by Crippen LogP contribution is 2.60. The standard InChI is InChI=1S/C20H30N2O2.C2H2O4/c1-15-3-5-16(6-4-15)17-7-9-19(2)18(14-22-24-12-11-21)8-10-20(19,23)13-17;3-1(4)2(5)6/h3-6,14,17-18,23H,7-13,21H2,1-2H3;(H,3,4)(H,5,6)/b22-14+;/t17-,18+,19+,20-;/m0./s1. The number of hydrogen-bond acceptors (Lipinski definition) is 6. The molecule has 0 saturated heterocycles. The number of aryl methyl sites for hydroxylation is 1. The minimum atomic E-state index is -1.82. The van der Waals surface area contributed by atoms with Gasteiger partial charge in [-0.15, -0.1) is 0 Å². The summed E-state index contributed by atoms with van der Waals surface area (Å²) in [6, 6.07) is 8.79. The Bertz CT molecular complexity index is 753. The van der Waals surface area contributed by atoms with Crippen molar-refractivity contribution in [3.05, 3.63) is 35.4 Å². The molecule has 3 rings (SSSR count). The summed E-state index contributed by atoms with van der Waals surface area (Å²) in [6.07, 6.45) is 6.72. The summed E-state index contributed by atoms with van der Waals surface area (Å²) in [5.41, 5.74) is 7.35. The molecule has 4 atom stereocenters. The Hall–Kier alpha value is -2.45. The number of oxime groups is 1. The lowest BCUT2D eigenvalue weighted by Gasteiger charge is -2.48. The van der Waals surface area contributed by atoms with Crippen LogP contribution in [0.5, 0.6) is 0 Å². The number of aliphatic hydroxyl groups is 1. The summed E-state index contributed by atoms with van der Waals surface area (Å²) < 4.78 is 0. The van der Waals surface area contributed by atoms with Crippen molar-refractivity contribution < 1.29 is 29.7 Å². The maximum Gasteiger partial charge on any atom is 0.414 e. The van der Waals surface area contributed by atoms with Crippen LogP contribution in [0.3, 0.4) is 0 Å². The zero-order chi connectivity index (χ0) is 22.4. The van der Waals surface area contributed by atoms with Gasteiger partial charge < -0.3 is 25.9 Å². The Morgan fingerprint density at radius 3 is 2.40 bits per heavy atom. The molecule has 0 amide bonds. The Morgan fingerprint density at radius 2 is 1.83 bits per heavy atom. The first kappa shape index (κ1) is 23.8. The van der Waals surface area contributed by atoms with Crippen LogP contribution in [0.1, 0.15) is 56.1 Å². The van der Waals surface area contributed by atoms with E-state index in [-0.39, 0.29) is 11.3 Å². The Labute approximate surface area is 176 Å². The number of carboxylic acid groups (broad SMARTS) is 2. The van der Waals surface area contributed by atoms with E-state index < -0.39 is 17.5 Å². The molecule has 1 aromatic rings. The maximum absolute atomic E-state index is 11.4. The van der Waals surface area contributed by atoms with Crippen molar-refractivity contribution in [1.82, 2.24) is 0 Å². The third-order valence-electron chi connectivity index (χ3n) is 6.60. The zero-order valence-corrected chi connectivity index (χ0v) is 17.6. The molecule has 166 valence electrons. The number of hydrogen-bond donors (Lipinski definition) is 4. The van der Waals surface area contributed by atoms with Gasteiger partial charge >= 0.3 is 11.9 Å². The van der Waals surface area contributed by atoms with Gasteiger partial charge in [-0.25, -0.2) is 9.59 Å². The van der Waals surface area contributed by atoms with E-state index in [1.807, 2.05) is 6.21 Å². The summed E-state index contributed by atoms with van der Waals surface area (Å²) in [5.74, 6) is -2.92. The molecule has 0 bridgehead atoms. The minimum absolute atomic E-state index is 0.107. The summed E-state index contributed by atoms with van der Waals surface area (Å²) in [5, 5.41) is 30.3. The molecule has 5 N–H and O–H groups in total. The van der Waals surface area contributed by atoms with E-state index in [4.69, 9.17) is 30.4 Å². The Kier molecular flexibility index (Phi) is 7.97. The van der Waals surface area contributed by atoms with Gasteiger partial charge in [0.2, 0.25) is 0 Å². The highest BCUT2D eigenvalue weighted by Gasteiger charge is 2.58. The van der Waals surface area contributed by atoms with Crippen molar-refractivity contribution >= 4 is 18.2 Å². The molecule has 8 nitrogen and oxygen atoms in total. The molecule has 2 saturated carbocycles. The SMILES string of the molecule is Cc1ccc([C@H]2CC[C@]3(C)[C@@H](/C=N/OCCN)CC[C@]3(O)C2)cc1.O=C(O)C(=O)O. The second kappa shape index (κ2) is 10.0. The van der Waals surface area contributed by atoms with Crippen molar-refractivity contribution in [2.75, 3.05) is 13.2 Å². The molecular formula is C22H32N2O6. The lowest BCUT2D eigenvalue weighted by Crippen LogP contribution is -2.49. The lowest BCUT2D eigenvalue weighted by molar-refractivity contribution is -0.159. The van der Waals surface area contributed by atoms with E-state index in [9.17, 15) is 5.11 Å². The van der Waals surface area contributed by atoms with Gasteiger partial charge in [0, 0.05) is 24.1 Å². The second-order valence-corrected chi connectivity index (χ2v) is 8.43. The van der Waals surface area contributed by atoms with Crippen LogP contribution in [0.25, 0.3) is 0 Å². The van der Waals surface area contributed by atoms with Gasteiger partial charge in [-0.3, -0.25) is 0 Å². The molecule has 0 aromatic heterocycles. The van der Waals surface area contributed by atoms with Crippen molar-refractivity contribution in [3.63, 3.8) is 0 Å². The first-order chi connectivity index (χ1) is 14.1. The fraction of sp³-hybridized carbons (Fsp3) is 0.591. The van der Waals surface area contributed by atoms with E-state index >= 15 is 0 Å². The van der Waals surface area contributed by atoms with Crippen molar-refractivity contribution in [2.45, 2.75) is 57.5 Å². The fourth-order valence-electron chi connectivity index (χ4n) is 4.66. The molecule has 8 heteroatoms. The van der Waals surface area contributed by atoms with Gasteiger partial charge in [-0.05, 0) is 50.5 Å². The number of rotatable bonds is 5. The third kappa shape index (κ3) is 5.37. The summed E-state index contributed by atoms with van der Waals surface area (Å²) in [6.45, 7) is 5.26. The molecule has 0 aliphatic heterocycles. The molecular weight excluding hydrogens is 388 g/mol. The third-order valence-corrected chi connectivity index (χ3v) is 6.60. The molecule has 2 aliphatic rings. The van der Waals surface area contributed by atoms with E-state index in [2.05, 4.69) is 43.3 Å². The number of carbonyl (C=O) groups is 2. The van der Waals surface area contributed by atoms with Crippen molar-refractivity contribution in [2.24, 2.45) is 22.2 Å². The van der Waals surface area contributed by atoms with Crippen LogP contribution >= 0.6 is 0 Å². The first-order valence-electron chi connectivity index (χ1n) is 10.2. The van der Waals surface area contributed by atoms with Crippen molar-refractivity contribution in [3.8, 4) is 0 Å². The average Bonchev–Trinajstić information content (AvgIpc) is 2.96. The fourth-order valence-corrected chi connectivity index (χ4v) is 4.66. The molecule has 2 fully saturated rings. The molecule has 1 aromatic carbocycles. The lowest BCUT2D eigenvalue weighted by atomic mass is 9.59. The van der Waals surface area contributed by atoms with E-state index in [1.54, 1.807) is 0 Å². The Balaban J connectivity index is 0.000000469. The van der Waals surface area contributed by atoms with Crippen molar-refractivity contribution in [1.29, 1.82) is 0 Å². The number of fused-ring (bicyclic) bond motifs is 1. The van der Waals surface area contributed by atoms with Crippen LogP contribution in [0, 0.1) is 18.3 Å². The maximum atomic E-state index is 11.4. The zero-order valence-electron chi connectivity index (χ0n) is 17.6. The van der Waals surface area contributed by atoms with Crippen LogP contribution < -0.4 is 5.73 Å². The topological polar surface area (TPSA) is 142 Å². The molecule has 30 heavy (non-hydrogen) atoms. The van der Waals surface area contributed by atoms with Crippen LogP contribution in [-0.2, 0) is 14.4 Å². The molecule has 0 unspecified atom stereocenters. The van der Waals surface area contributed by atoms with Crippen LogP contribution in [0.2, 0.25) is 0 Å². The number of nitrogens with two attached hydrogens (primary N) is 1. The second-order valence-electron chi connectivity index (χ2n) is 8.43. The highest BCUT2D eigenvalue weighted by molar-refractivity contribution is 6.27. The summed E-state index contributed by atoms with van der Waals surface area (Å²) in [4.78, 5) is 23.4.